The van der Waals surface area contributed by atoms with Gasteiger partial charge in [-0.1, -0.05) is 81.1 Å². The summed E-state index contributed by atoms with van der Waals surface area (Å²) in [5.41, 5.74) is 3.07. The highest BCUT2D eigenvalue weighted by Gasteiger charge is 2.25. The Kier molecular flexibility index (Phi) is 6.28. The molecule has 0 saturated carbocycles. The molecule has 3 heterocycles. The number of benzene rings is 3. The fourth-order valence-electron chi connectivity index (χ4n) is 5.11. The lowest BCUT2D eigenvalue weighted by Gasteiger charge is -2.10. The van der Waals surface area contributed by atoms with E-state index in [1.807, 2.05) is 42.5 Å². The van der Waals surface area contributed by atoms with E-state index >= 15 is 0 Å². The van der Waals surface area contributed by atoms with Gasteiger partial charge >= 0.3 is 5.63 Å². The van der Waals surface area contributed by atoms with Crippen LogP contribution in [0.25, 0.3) is 45.2 Å². The lowest BCUT2D eigenvalue weighted by Crippen LogP contribution is -2.08. The van der Waals surface area contributed by atoms with Gasteiger partial charge in [-0.3, -0.25) is 0 Å². The van der Waals surface area contributed by atoms with Crippen molar-refractivity contribution in [3.8, 4) is 17.4 Å². The van der Waals surface area contributed by atoms with Crippen LogP contribution in [0.3, 0.4) is 0 Å². The first kappa shape index (κ1) is 25.5. The highest BCUT2D eigenvalue weighted by molar-refractivity contribution is 9.10. The van der Waals surface area contributed by atoms with Crippen molar-refractivity contribution in [3.63, 3.8) is 0 Å². The van der Waals surface area contributed by atoms with E-state index < -0.39 is 5.63 Å². The van der Waals surface area contributed by atoms with Crippen LogP contribution in [0, 0.1) is 0 Å². The van der Waals surface area contributed by atoms with Crippen molar-refractivity contribution < 1.29 is 4.42 Å². The van der Waals surface area contributed by atoms with E-state index in [0.717, 1.165) is 32.1 Å². The second kappa shape index (κ2) is 9.85. The van der Waals surface area contributed by atoms with Crippen molar-refractivity contribution in [3.05, 3.63) is 120 Å². The summed E-state index contributed by atoms with van der Waals surface area (Å²) < 4.78 is 8.19. The van der Waals surface area contributed by atoms with Gasteiger partial charge in [0.2, 0.25) is 5.89 Å². The van der Waals surface area contributed by atoms with Gasteiger partial charge in [0.15, 0.2) is 5.82 Å². The molecule has 1 aliphatic rings. The van der Waals surface area contributed by atoms with Gasteiger partial charge in [-0.05, 0) is 59.0 Å². The van der Waals surface area contributed by atoms with Crippen LogP contribution in [-0.2, 0) is 6.42 Å². The first-order valence-electron chi connectivity index (χ1n) is 12.3. The number of aromatic nitrogens is 4. The van der Waals surface area contributed by atoms with Gasteiger partial charge in [0, 0.05) is 33.4 Å². The summed E-state index contributed by atoms with van der Waals surface area (Å²) in [5, 5.41) is 8.14. The summed E-state index contributed by atoms with van der Waals surface area (Å²) in [6.07, 6.45) is 6.34. The summed E-state index contributed by atoms with van der Waals surface area (Å²) in [4.78, 5) is 22.4. The second-order valence-corrected chi connectivity index (χ2v) is 11.5. The summed E-state index contributed by atoms with van der Waals surface area (Å²) >= 11 is 23.2. The molecular formula is C30H16BrCl3N4O2. The van der Waals surface area contributed by atoms with E-state index in [1.54, 1.807) is 29.1 Å². The van der Waals surface area contributed by atoms with E-state index in [1.165, 1.54) is 0 Å². The van der Waals surface area contributed by atoms with Crippen LogP contribution >= 0.6 is 50.7 Å². The van der Waals surface area contributed by atoms with Crippen LogP contribution in [0.1, 0.15) is 22.7 Å². The number of hydrogen-bond donors (Lipinski definition) is 0. The zero-order valence-electron chi connectivity index (χ0n) is 20.4. The highest BCUT2D eigenvalue weighted by atomic mass is 79.9. The quantitative estimate of drug-likeness (QED) is 0.179. The Balaban J connectivity index is 1.40. The molecule has 0 aliphatic heterocycles. The third kappa shape index (κ3) is 4.25. The minimum atomic E-state index is -0.563. The number of allylic oxidation sites excluding steroid dienone is 1. The minimum Gasteiger partial charge on any atom is -0.401 e. The maximum atomic E-state index is 13.3. The van der Waals surface area contributed by atoms with Gasteiger partial charge < -0.3 is 4.42 Å². The largest absolute Gasteiger partial charge is 0.401 e. The molecule has 196 valence electrons. The molecule has 0 amide bonds. The molecule has 0 bridgehead atoms. The number of rotatable bonds is 4. The molecule has 1 atom stereocenters. The number of pyridine rings is 1. The zero-order chi connectivity index (χ0) is 27.5. The zero-order valence-corrected chi connectivity index (χ0v) is 24.3. The number of hydrogen-bond acceptors (Lipinski definition) is 5. The van der Waals surface area contributed by atoms with Crippen molar-refractivity contribution in [2.75, 3.05) is 0 Å². The molecule has 6 aromatic rings. The molecule has 0 radical (unpaired) electrons. The molecule has 3 aromatic heterocycles. The standard InChI is InChI=1S/C30H16BrCl3N4O2/c31-17-7-9-20-16(11-17)13-22-27(26(20)34)36-29(40-30(22)39)25-14-18(37-38(25)28-24(33)5-2-10-35-28)12-15-6-8-21-19(15)3-1-4-23(21)32/h1-11,13-15H,12H2. The van der Waals surface area contributed by atoms with E-state index in [9.17, 15) is 4.79 Å². The Morgan fingerprint density at radius 1 is 0.975 bits per heavy atom. The van der Waals surface area contributed by atoms with E-state index in [-0.39, 0.29) is 17.2 Å². The van der Waals surface area contributed by atoms with Crippen LogP contribution in [0.2, 0.25) is 15.1 Å². The molecule has 10 heteroatoms. The van der Waals surface area contributed by atoms with Crippen molar-refractivity contribution in [1.29, 1.82) is 0 Å². The molecule has 3 aromatic carbocycles. The predicted molar refractivity (Wildman–Crippen MR) is 163 cm³/mol. The Morgan fingerprint density at radius 2 is 1.82 bits per heavy atom. The van der Waals surface area contributed by atoms with E-state index in [2.05, 4.69) is 33.1 Å². The summed E-state index contributed by atoms with van der Waals surface area (Å²) in [7, 11) is 0. The third-order valence-corrected chi connectivity index (χ3v) is 8.47. The van der Waals surface area contributed by atoms with Crippen molar-refractivity contribution >= 4 is 78.5 Å². The second-order valence-electron chi connectivity index (χ2n) is 9.41. The van der Waals surface area contributed by atoms with Crippen LogP contribution in [0.4, 0.5) is 0 Å². The van der Waals surface area contributed by atoms with Gasteiger partial charge in [0.05, 0.1) is 21.1 Å². The van der Waals surface area contributed by atoms with Crippen molar-refractivity contribution in [2.45, 2.75) is 12.3 Å². The topological polar surface area (TPSA) is 73.8 Å². The molecule has 0 fully saturated rings. The smallest absolute Gasteiger partial charge is 0.347 e. The first-order valence-corrected chi connectivity index (χ1v) is 14.2. The molecule has 1 unspecified atom stereocenters. The lowest BCUT2D eigenvalue weighted by molar-refractivity contribution is 0.513. The van der Waals surface area contributed by atoms with Crippen molar-refractivity contribution in [2.24, 2.45) is 0 Å². The monoisotopic (exact) mass is 648 g/mol. The maximum Gasteiger partial charge on any atom is 0.347 e. The average Bonchev–Trinajstić information content (AvgIpc) is 3.55. The number of halogens is 4. The molecule has 40 heavy (non-hydrogen) atoms. The van der Waals surface area contributed by atoms with Crippen molar-refractivity contribution in [1.82, 2.24) is 19.7 Å². The molecule has 0 saturated heterocycles. The molecule has 1 aliphatic carbocycles. The average molecular weight is 651 g/mol. The maximum absolute atomic E-state index is 13.3. The lowest BCUT2D eigenvalue weighted by atomic mass is 9.96. The van der Waals surface area contributed by atoms with Gasteiger partial charge in [-0.25, -0.2) is 19.4 Å². The molecule has 0 spiro atoms. The Morgan fingerprint density at radius 3 is 2.67 bits per heavy atom. The third-order valence-electron chi connectivity index (χ3n) is 6.96. The Labute approximate surface area is 251 Å². The van der Waals surface area contributed by atoms with Crippen LogP contribution in [0.5, 0.6) is 0 Å². The van der Waals surface area contributed by atoms with Crippen LogP contribution in [0.15, 0.2) is 86.6 Å². The Bertz CT molecular complexity index is 2090. The van der Waals surface area contributed by atoms with E-state index in [0.29, 0.717) is 38.5 Å². The Hall–Kier alpha value is -3.49. The fraction of sp³-hybridized carbons (Fsp3) is 0.0667. The number of nitrogens with zero attached hydrogens (tertiary/aromatic N) is 4. The summed E-state index contributed by atoms with van der Waals surface area (Å²) in [5.74, 6) is 0.511. The molecule has 0 N–H and O–H groups in total. The highest BCUT2D eigenvalue weighted by Crippen LogP contribution is 2.38. The molecule has 7 rings (SSSR count). The predicted octanol–water partition coefficient (Wildman–Crippen LogP) is 8.66. The van der Waals surface area contributed by atoms with Gasteiger partial charge in [-0.2, -0.15) is 5.10 Å². The summed E-state index contributed by atoms with van der Waals surface area (Å²) in [6, 6.07) is 18.6. The first-order chi connectivity index (χ1) is 19.4. The van der Waals surface area contributed by atoms with Gasteiger partial charge in [0.25, 0.3) is 0 Å². The molecular weight excluding hydrogens is 635 g/mol. The van der Waals surface area contributed by atoms with E-state index in [4.69, 9.17) is 49.3 Å². The van der Waals surface area contributed by atoms with Gasteiger partial charge in [-0.15, -0.1) is 0 Å². The SMILES string of the molecule is O=c1oc(-c2cc(CC3C=Cc4c(Cl)cccc43)nn2-c2ncccc2Cl)nc2c(Cl)c3ccc(Br)cc3cc12. The summed E-state index contributed by atoms with van der Waals surface area (Å²) in [6.45, 7) is 0. The molecule has 6 nitrogen and oxygen atoms in total. The van der Waals surface area contributed by atoms with Gasteiger partial charge in [0.1, 0.15) is 11.2 Å². The minimum absolute atomic E-state index is 0.0572. The fourth-order valence-corrected chi connectivity index (χ4v) is 6.25. The van der Waals surface area contributed by atoms with Crippen LogP contribution in [-0.4, -0.2) is 19.7 Å². The normalized spacial score (nSPS) is 14.3. The number of fused-ring (bicyclic) bond motifs is 3. The van der Waals surface area contributed by atoms with Crippen LogP contribution < -0.4 is 5.63 Å².